The number of hydrogen-bond donors (Lipinski definition) is 7. The largest absolute Gasteiger partial charge is 0.481 e. The number of rotatable bonds is 8. The standard InChI is InChI=1S/C12H22O10/c13-3-5(15)6(1-2-8(16)17)21-12-11(20)10(19)9(18)7(4-14)22-12/h5-7,9-15,18-20H,1-4H2,(H,16,17)/t5-,6?,7-,9+,10+,11-,12-/m1/s1. The van der Waals surface area contributed by atoms with Gasteiger partial charge in [-0.1, -0.05) is 0 Å². The lowest BCUT2D eigenvalue weighted by atomic mass is 9.99. The summed E-state index contributed by atoms with van der Waals surface area (Å²) in [6.07, 6.45) is -10.7. The Hall–Kier alpha value is -0.850. The molecule has 0 radical (unpaired) electrons. The molecule has 1 aliphatic rings. The summed E-state index contributed by atoms with van der Waals surface area (Å²) in [4.78, 5) is 10.6. The van der Waals surface area contributed by atoms with Crippen LogP contribution in [0.4, 0.5) is 0 Å². The SMILES string of the molecule is O=C(O)CCC(O[C@@H]1O[C@H](CO)[C@H](O)[C@H](O)[C@H]1O)[C@H](O)CO. The molecule has 130 valence electrons. The van der Waals surface area contributed by atoms with E-state index in [1.165, 1.54) is 0 Å². The summed E-state index contributed by atoms with van der Waals surface area (Å²) in [6, 6.07) is 0. The summed E-state index contributed by atoms with van der Waals surface area (Å²) < 4.78 is 10.3. The van der Waals surface area contributed by atoms with Crippen LogP contribution in [0, 0.1) is 0 Å². The fraction of sp³-hybridized carbons (Fsp3) is 0.917. The van der Waals surface area contributed by atoms with Crippen LogP contribution in [0.5, 0.6) is 0 Å². The number of carbonyl (C=O) groups is 1. The maximum Gasteiger partial charge on any atom is 0.303 e. The second kappa shape index (κ2) is 8.70. The molecule has 10 heteroatoms. The average molecular weight is 326 g/mol. The van der Waals surface area contributed by atoms with Crippen LogP contribution in [-0.2, 0) is 14.3 Å². The Bertz CT molecular complexity index is 349. The van der Waals surface area contributed by atoms with Gasteiger partial charge in [0, 0.05) is 6.42 Å². The molecule has 7 atom stereocenters. The molecule has 0 aromatic heterocycles. The molecule has 22 heavy (non-hydrogen) atoms. The van der Waals surface area contributed by atoms with Gasteiger partial charge in [-0.2, -0.15) is 0 Å². The van der Waals surface area contributed by atoms with Crippen LogP contribution in [0.1, 0.15) is 12.8 Å². The van der Waals surface area contributed by atoms with E-state index in [9.17, 15) is 25.2 Å². The lowest BCUT2D eigenvalue weighted by Crippen LogP contribution is -2.60. The summed E-state index contributed by atoms with van der Waals surface area (Å²) in [7, 11) is 0. The molecule has 0 bridgehead atoms. The zero-order valence-electron chi connectivity index (χ0n) is 11.7. The number of ether oxygens (including phenoxy) is 2. The molecule has 1 saturated heterocycles. The highest BCUT2D eigenvalue weighted by Gasteiger charge is 2.45. The third-order valence-corrected chi connectivity index (χ3v) is 3.42. The number of aliphatic carboxylic acids is 1. The summed E-state index contributed by atoms with van der Waals surface area (Å²) in [5, 5.41) is 65.3. The van der Waals surface area contributed by atoms with Crippen LogP contribution in [0.2, 0.25) is 0 Å². The first-order valence-corrected chi connectivity index (χ1v) is 6.78. The number of carboxylic acids is 1. The number of hydrogen-bond acceptors (Lipinski definition) is 9. The lowest BCUT2D eigenvalue weighted by molar-refractivity contribution is -0.318. The Morgan fingerprint density at radius 2 is 1.77 bits per heavy atom. The molecule has 1 unspecified atom stereocenters. The molecular weight excluding hydrogens is 304 g/mol. The first-order valence-electron chi connectivity index (χ1n) is 6.78. The Labute approximate surface area is 126 Å². The van der Waals surface area contributed by atoms with Gasteiger partial charge in [-0.25, -0.2) is 0 Å². The molecule has 0 spiro atoms. The highest BCUT2D eigenvalue weighted by molar-refractivity contribution is 5.66. The van der Waals surface area contributed by atoms with Gasteiger partial charge in [0.2, 0.25) is 0 Å². The molecule has 0 amide bonds. The van der Waals surface area contributed by atoms with Crippen molar-refractivity contribution < 1.29 is 50.0 Å². The molecule has 1 heterocycles. The fourth-order valence-corrected chi connectivity index (χ4v) is 2.09. The first-order chi connectivity index (χ1) is 10.3. The molecule has 10 nitrogen and oxygen atoms in total. The van der Waals surface area contributed by atoms with Crippen molar-refractivity contribution in [2.45, 2.75) is 55.8 Å². The van der Waals surface area contributed by atoms with Gasteiger partial charge in [-0.3, -0.25) is 4.79 Å². The van der Waals surface area contributed by atoms with Crippen LogP contribution in [-0.4, -0.2) is 97.8 Å². The third-order valence-electron chi connectivity index (χ3n) is 3.42. The van der Waals surface area contributed by atoms with E-state index in [1.54, 1.807) is 0 Å². The average Bonchev–Trinajstić information content (AvgIpc) is 2.50. The Balaban J connectivity index is 2.75. The normalized spacial score (nSPS) is 35.1. The molecule has 1 fully saturated rings. The zero-order chi connectivity index (χ0) is 16.9. The van der Waals surface area contributed by atoms with Crippen LogP contribution in [0.3, 0.4) is 0 Å². The maximum atomic E-state index is 10.6. The van der Waals surface area contributed by atoms with Crippen LogP contribution >= 0.6 is 0 Å². The Morgan fingerprint density at radius 3 is 2.27 bits per heavy atom. The topological polar surface area (TPSA) is 177 Å². The van der Waals surface area contributed by atoms with Gasteiger partial charge in [-0.15, -0.1) is 0 Å². The monoisotopic (exact) mass is 326 g/mol. The van der Waals surface area contributed by atoms with Crippen molar-refractivity contribution in [3.8, 4) is 0 Å². The van der Waals surface area contributed by atoms with Crippen molar-refractivity contribution in [1.82, 2.24) is 0 Å². The van der Waals surface area contributed by atoms with Crippen molar-refractivity contribution in [3.63, 3.8) is 0 Å². The van der Waals surface area contributed by atoms with E-state index < -0.39 is 62.1 Å². The van der Waals surface area contributed by atoms with Crippen molar-refractivity contribution in [2.24, 2.45) is 0 Å². The molecular formula is C12H22O10. The third kappa shape index (κ3) is 4.83. The molecule has 1 aliphatic heterocycles. The van der Waals surface area contributed by atoms with E-state index >= 15 is 0 Å². The number of aliphatic hydroxyl groups is 6. The van der Waals surface area contributed by atoms with E-state index in [2.05, 4.69) is 0 Å². The van der Waals surface area contributed by atoms with E-state index in [0.717, 1.165) is 0 Å². The summed E-state index contributed by atoms with van der Waals surface area (Å²) in [5.41, 5.74) is 0. The van der Waals surface area contributed by atoms with Crippen LogP contribution in [0.25, 0.3) is 0 Å². The van der Waals surface area contributed by atoms with Crippen molar-refractivity contribution in [2.75, 3.05) is 13.2 Å². The van der Waals surface area contributed by atoms with Gasteiger partial charge in [0.05, 0.1) is 19.3 Å². The summed E-state index contributed by atoms with van der Waals surface area (Å²) >= 11 is 0. The van der Waals surface area contributed by atoms with Gasteiger partial charge < -0.3 is 45.2 Å². The van der Waals surface area contributed by atoms with Gasteiger partial charge in [0.15, 0.2) is 6.29 Å². The van der Waals surface area contributed by atoms with Crippen LogP contribution < -0.4 is 0 Å². The number of carboxylic acid groups (broad SMARTS) is 1. The Kier molecular flexibility index (Phi) is 7.59. The minimum atomic E-state index is -1.67. The van der Waals surface area contributed by atoms with Crippen LogP contribution in [0.15, 0.2) is 0 Å². The van der Waals surface area contributed by atoms with Crippen molar-refractivity contribution in [1.29, 1.82) is 0 Å². The van der Waals surface area contributed by atoms with Crippen molar-refractivity contribution >= 4 is 5.97 Å². The lowest BCUT2D eigenvalue weighted by Gasteiger charge is -2.41. The van der Waals surface area contributed by atoms with E-state index in [1.807, 2.05) is 0 Å². The molecule has 1 rings (SSSR count). The first kappa shape index (κ1) is 19.2. The molecule has 0 aromatic carbocycles. The zero-order valence-corrected chi connectivity index (χ0v) is 11.7. The maximum absolute atomic E-state index is 10.6. The van der Waals surface area contributed by atoms with E-state index in [-0.39, 0.29) is 12.8 Å². The quantitative estimate of drug-likeness (QED) is 0.236. The molecule has 0 aliphatic carbocycles. The van der Waals surface area contributed by atoms with Gasteiger partial charge >= 0.3 is 5.97 Å². The smallest absolute Gasteiger partial charge is 0.303 e. The fourth-order valence-electron chi connectivity index (χ4n) is 2.09. The van der Waals surface area contributed by atoms with Gasteiger partial charge in [0.25, 0.3) is 0 Å². The van der Waals surface area contributed by atoms with Crippen molar-refractivity contribution in [3.05, 3.63) is 0 Å². The second-order valence-electron chi connectivity index (χ2n) is 5.05. The molecule has 0 saturated carbocycles. The minimum absolute atomic E-state index is 0.175. The van der Waals surface area contributed by atoms with E-state index in [0.29, 0.717) is 0 Å². The molecule has 7 N–H and O–H groups in total. The summed E-state index contributed by atoms with van der Waals surface area (Å²) in [6.45, 7) is -1.35. The Morgan fingerprint density at radius 1 is 1.14 bits per heavy atom. The summed E-state index contributed by atoms with van der Waals surface area (Å²) in [5.74, 6) is -1.15. The van der Waals surface area contributed by atoms with Gasteiger partial charge in [-0.05, 0) is 6.42 Å². The minimum Gasteiger partial charge on any atom is -0.481 e. The highest BCUT2D eigenvalue weighted by atomic mass is 16.7. The van der Waals surface area contributed by atoms with Gasteiger partial charge in [0.1, 0.15) is 30.5 Å². The van der Waals surface area contributed by atoms with E-state index in [4.69, 9.17) is 24.8 Å². The molecule has 0 aromatic rings. The predicted octanol–water partition coefficient (Wildman–Crippen LogP) is -3.61. The predicted molar refractivity (Wildman–Crippen MR) is 68.6 cm³/mol. The second-order valence-corrected chi connectivity index (χ2v) is 5.05. The number of aliphatic hydroxyl groups excluding tert-OH is 6. The highest BCUT2D eigenvalue weighted by Crippen LogP contribution is 2.24.